The molecule has 22 heavy (non-hydrogen) atoms. The van der Waals surface area contributed by atoms with E-state index < -0.39 is 5.60 Å². The molecule has 1 fully saturated rings. The Bertz CT molecular complexity index is 494. The maximum atomic E-state index is 12.1. The highest BCUT2D eigenvalue weighted by atomic mass is 79.9. The summed E-state index contributed by atoms with van der Waals surface area (Å²) in [4.78, 5) is 20.8. The molecule has 5 nitrogen and oxygen atoms in total. The van der Waals surface area contributed by atoms with E-state index in [4.69, 9.17) is 4.74 Å². The lowest BCUT2D eigenvalue weighted by Gasteiger charge is -2.35. The number of amidine groups is 1. The Hall–Kier alpha value is -0.690. The van der Waals surface area contributed by atoms with Gasteiger partial charge in [0.15, 0.2) is 5.17 Å². The summed E-state index contributed by atoms with van der Waals surface area (Å²) in [5, 5.41) is 3.39. The monoisotopic (exact) mass is 389 g/mol. The Balaban J connectivity index is 0.00000176. The average Bonchev–Trinajstić information content (AvgIpc) is 2.99. The summed E-state index contributed by atoms with van der Waals surface area (Å²) >= 11 is 1.74. The first-order valence-electron chi connectivity index (χ1n) is 7.61. The van der Waals surface area contributed by atoms with Gasteiger partial charge < -0.3 is 14.5 Å². The Kier molecular flexibility index (Phi) is 5.48. The van der Waals surface area contributed by atoms with Crippen LogP contribution in [-0.4, -0.2) is 52.8 Å². The summed E-state index contributed by atoms with van der Waals surface area (Å²) in [6, 6.07) is 0. The molecular formula is C15H24BrN3O2S. The van der Waals surface area contributed by atoms with Gasteiger partial charge in [-0.2, -0.15) is 0 Å². The molecule has 3 heterocycles. The number of hydrogen-bond acceptors (Lipinski definition) is 5. The van der Waals surface area contributed by atoms with Crippen molar-refractivity contribution in [3.63, 3.8) is 0 Å². The molecule has 1 amide bonds. The van der Waals surface area contributed by atoms with Crippen LogP contribution in [0.4, 0.5) is 4.79 Å². The van der Waals surface area contributed by atoms with Gasteiger partial charge in [0, 0.05) is 31.2 Å². The molecule has 0 bridgehead atoms. The predicted molar refractivity (Wildman–Crippen MR) is 95.5 cm³/mol. The molecule has 0 spiro atoms. The molecule has 0 aliphatic carbocycles. The fourth-order valence-corrected chi connectivity index (χ4v) is 3.98. The van der Waals surface area contributed by atoms with Crippen molar-refractivity contribution in [3.8, 4) is 0 Å². The lowest BCUT2D eigenvalue weighted by atomic mass is 9.93. The quantitative estimate of drug-likeness (QED) is 0.688. The van der Waals surface area contributed by atoms with Crippen LogP contribution in [0.1, 0.15) is 33.6 Å². The number of halogens is 1. The number of likely N-dealkylation sites (tertiary alicyclic amines) is 1. The summed E-state index contributed by atoms with van der Waals surface area (Å²) < 4.78 is 5.45. The minimum Gasteiger partial charge on any atom is -0.444 e. The first-order valence-corrected chi connectivity index (χ1v) is 8.49. The van der Waals surface area contributed by atoms with Gasteiger partial charge in [0.05, 0.1) is 6.54 Å². The maximum Gasteiger partial charge on any atom is 0.410 e. The third-order valence-corrected chi connectivity index (χ3v) is 4.88. The van der Waals surface area contributed by atoms with E-state index in [0.29, 0.717) is 5.92 Å². The Morgan fingerprint density at radius 3 is 2.64 bits per heavy atom. The largest absolute Gasteiger partial charge is 0.444 e. The highest BCUT2D eigenvalue weighted by molar-refractivity contribution is 8.93. The zero-order chi connectivity index (χ0) is 15.0. The fraction of sp³-hybridized carbons (Fsp3) is 0.733. The van der Waals surface area contributed by atoms with E-state index in [1.54, 1.807) is 11.8 Å². The second-order valence-corrected chi connectivity index (χ2v) is 7.55. The third kappa shape index (κ3) is 3.79. The van der Waals surface area contributed by atoms with Crippen LogP contribution in [0.25, 0.3) is 0 Å². The van der Waals surface area contributed by atoms with E-state index >= 15 is 0 Å². The second kappa shape index (κ2) is 6.83. The van der Waals surface area contributed by atoms with E-state index in [-0.39, 0.29) is 23.1 Å². The molecule has 0 aromatic rings. The number of hydrogen-bond donors (Lipinski definition) is 0. The summed E-state index contributed by atoms with van der Waals surface area (Å²) in [5.74, 6) is 0.544. The number of fused-ring (bicyclic) bond motifs is 1. The van der Waals surface area contributed by atoms with Crippen molar-refractivity contribution >= 4 is 40.0 Å². The molecule has 1 saturated heterocycles. The van der Waals surface area contributed by atoms with E-state index in [9.17, 15) is 4.79 Å². The molecule has 0 radical (unpaired) electrons. The molecule has 0 aromatic heterocycles. The molecule has 0 atom stereocenters. The number of thioether (sulfide) groups is 1. The van der Waals surface area contributed by atoms with Gasteiger partial charge in [-0.3, -0.25) is 4.99 Å². The summed E-state index contributed by atoms with van der Waals surface area (Å²) in [7, 11) is 0. The van der Waals surface area contributed by atoms with Gasteiger partial charge in [-0.15, -0.1) is 17.0 Å². The molecule has 0 saturated carbocycles. The van der Waals surface area contributed by atoms with Crippen LogP contribution in [0.2, 0.25) is 0 Å². The van der Waals surface area contributed by atoms with Crippen LogP contribution in [-0.2, 0) is 4.74 Å². The normalized spacial score (nSPS) is 22.0. The van der Waals surface area contributed by atoms with E-state index in [1.165, 1.54) is 5.70 Å². The molecule has 7 heteroatoms. The van der Waals surface area contributed by atoms with Gasteiger partial charge in [0.2, 0.25) is 0 Å². The highest BCUT2D eigenvalue weighted by Crippen LogP contribution is 2.37. The summed E-state index contributed by atoms with van der Waals surface area (Å²) in [5.41, 5.74) is 0.986. The number of carbonyl (C=O) groups is 1. The zero-order valence-electron chi connectivity index (χ0n) is 13.4. The van der Waals surface area contributed by atoms with Crippen molar-refractivity contribution in [3.05, 3.63) is 11.1 Å². The first kappa shape index (κ1) is 17.7. The minimum atomic E-state index is -0.417. The average molecular weight is 390 g/mol. The van der Waals surface area contributed by atoms with Gasteiger partial charge in [0.1, 0.15) is 5.60 Å². The summed E-state index contributed by atoms with van der Waals surface area (Å²) in [6.07, 6.45) is 1.84. The molecular weight excluding hydrogens is 366 g/mol. The number of allylic oxidation sites excluding steroid dienone is 1. The molecule has 3 aliphatic heterocycles. The second-order valence-electron chi connectivity index (χ2n) is 6.72. The topological polar surface area (TPSA) is 45.1 Å². The molecule has 3 aliphatic rings. The van der Waals surface area contributed by atoms with Crippen LogP contribution < -0.4 is 0 Å². The fourth-order valence-electron chi connectivity index (χ4n) is 2.94. The van der Waals surface area contributed by atoms with Crippen LogP contribution >= 0.6 is 28.7 Å². The molecule has 3 rings (SSSR count). The maximum absolute atomic E-state index is 12.1. The van der Waals surface area contributed by atoms with Gasteiger partial charge in [-0.1, -0.05) is 11.8 Å². The first-order chi connectivity index (χ1) is 9.94. The number of ether oxygens (including phenoxy) is 1. The van der Waals surface area contributed by atoms with Crippen molar-refractivity contribution < 1.29 is 9.53 Å². The number of amides is 1. The summed E-state index contributed by atoms with van der Waals surface area (Å²) in [6.45, 7) is 9.21. The zero-order valence-corrected chi connectivity index (χ0v) is 15.9. The standard InChI is InChI=1S/C15H23N3O2S.BrH/c1-15(2,3)20-14(19)17-7-4-11(5-8-17)12-10-21-13-16-6-9-18(12)13;/h10-11H,4-9H2,1-3H3;1H. The molecule has 0 aromatic carbocycles. The van der Waals surface area contributed by atoms with Crippen LogP contribution in [0, 0.1) is 5.92 Å². The predicted octanol–water partition coefficient (Wildman–Crippen LogP) is 3.47. The van der Waals surface area contributed by atoms with Gasteiger partial charge in [0.25, 0.3) is 0 Å². The SMILES string of the molecule is Br.CC(C)(C)OC(=O)N1CCC(C2=CSC3=NCCN23)CC1. The molecule has 124 valence electrons. The number of carbonyl (C=O) groups excluding carboxylic acids is 1. The molecule has 0 unspecified atom stereocenters. The van der Waals surface area contributed by atoms with Gasteiger partial charge in [-0.05, 0) is 39.0 Å². The van der Waals surface area contributed by atoms with Gasteiger partial charge >= 0.3 is 6.09 Å². The van der Waals surface area contributed by atoms with Crippen molar-refractivity contribution in [1.29, 1.82) is 0 Å². The van der Waals surface area contributed by atoms with Gasteiger partial charge in [-0.25, -0.2) is 4.79 Å². The number of nitrogens with zero attached hydrogens (tertiary/aromatic N) is 3. The number of rotatable bonds is 1. The Morgan fingerprint density at radius 1 is 1.32 bits per heavy atom. The lowest BCUT2D eigenvalue weighted by molar-refractivity contribution is 0.0190. The lowest BCUT2D eigenvalue weighted by Crippen LogP contribution is -2.43. The van der Waals surface area contributed by atoms with Crippen LogP contribution in [0.3, 0.4) is 0 Å². The number of piperidine rings is 1. The molecule has 0 N–H and O–H groups in total. The highest BCUT2D eigenvalue weighted by Gasteiger charge is 2.34. The van der Waals surface area contributed by atoms with E-state index in [1.807, 2.05) is 25.7 Å². The smallest absolute Gasteiger partial charge is 0.410 e. The third-order valence-electron chi connectivity index (χ3n) is 3.96. The van der Waals surface area contributed by atoms with Crippen LogP contribution in [0.5, 0.6) is 0 Å². The van der Waals surface area contributed by atoms with Crippen molar-refractivity contribution in [1.82, 2.24) is 9.80 Å². The van der Waals surface area contributed by atoms with Crippen molar-refractivity contribution in [2.45, 2.75) is 39.2 Å². The van der Waals surface area contributed by atoms with Crippen LogP contribution in [0.15, 0.2) is 16.1 Å². The van der Waals surface area contributed by atoms with E-state index in [0.717, 1.165) is 44.2 Å². The number of aliphatic imine (C=N–C) groups is 1. The Morgan fingerprint density at radius 2 is 2.00 bits per heavy atom. The Labute approximate surface area is 146 Å². The van der Waals surface area contributed by atoms with Crippen molar-refractivity contribution in [2.24, 2.45) is 10.9 Å². The minimum absolute atomic E-state index is 0. The van der Waals surface area contributed by atoms with E-state index in [2.05, 4.69) is 15.3 Å². The van der Waals surface area contributed by atoms with Crippen molar-refractivity contribution in [2.75, 3.05) is 26.2 Å².